The SMILES string of the molecule is COc1cc(OC(=O)Oc2cccc3ccccc23)c2ccccc2c1O. The lowest BCUT2D eigenvalue weighted by Crippen LogP contribution is -2.14. The van der Waals surface area contributed by atoms with E-state index in [1.165, 1.54) is 13.2 Å². The summed E-state index contributed by atoms with van der Waals surface area (Å²) in [6.07, 6.45) is -0.871. The summed E-state index contributed by atoms with van der Waals surface area (Å²) in [4.78, 5) is 12.4. The van der Waals surface area contributed by atoms with Gasteiger partial charge in [-0.1, -0.05) is 60.7 Å². The number of aromatic hydroxyl groups is 1. The zero-order chi connectivity index (χ0) is 18.8. The lowest BCUT2D eigenvalue weighted by molar-refractivity contribution is 0.153. The largest absolute Gasteiger partial charge is 0.519 e. The quantitative estimate of drug-likeness (QED) is 0.397. The van der Waals surface area contributed by atoms with Crippen molar-refractivity contribution in [3.8, 4) is 23.0 Å². The highest BCUT2D eigenvalue weighted by molar-refractivity contribution is 5.96. The molecule has 0 amide bonds. The molecule has 0 aromatic heterocycles. The first-order valence-corrected chi connectivity index (χ1v) is 8.33. The fourth-order valence-corrected chi connectivity index (χ4v) is 3.03. The van der Waals surface area contributed by atoms with Gasteiger partial charge in [0.1, 0.15) is 11.5 Å². The van der Waals surface area contributed by atoms with Crippen LogP contribution in [0.25, 0.3) is 21.5 Å². The van der Waals surface area contributed by atoms with E-state index in [0.29, 0.717) is 16.5 Å². The van der Waals surface area contributed by atoms with E-state index in [1.807, 2.05) is 36.4 Å². The number of phenolic OH excluding ortho intramolecular Hbond substituents is 1. The number of hydrogen-bond donors (Lipinski definition) is 1. The fraction of sp³-hybridized carbons (Fsp3) is 0.0455. The minimum atomic E-state index is -0.871. The standard InChI is InChI=1S/C22H16O5/c1-25-20-13-19(16-10-4-5-11-17(16)21(20)23)27-22(24)26-18-12-6-8-14-7-2-3-9-15(14)18/h2-13,23H,1H3. The smallest absolute Gasteiger partial charge is 0.504 e. The summed E-state index contributed by atoms with van der Waals surface area (Å²) in [6.45, 7) is 0. The van der Waals surface area contributed by atoms with Crippen molar-refractivity contribution in [1.29, 1.82) is 0 Å². The van der Waals surface area contributed by atoms with E-state index >= 15 is 0 Å². The molecule has 0 heterocycles. The molecule has 27 heavy (non-hydrogen) atoms. The molecule has 1 N–H and O–H groups in total. The highest BCUT2D eigenvalue weighted by atomic mass is 16.7. The van der Waals surface area contributed by atoms with E-state index in [1.54, 1.807) is 30.3 Å². The molecular formula is C22H16O5. The zero-order valence-electron chi connectivity index (χ0n) is 14.5. The number of rotatable bonds is 3. The van der Waals surface area contributed by atoms with E-state index < -0.39 is 6.16 Å². The van der Waals surface area contributed by atoms with Crippen LogP contribution in [0, 0.1) is 0 Å². The first-order chi connectivity index (χ1) is 13.2. The van der Waals surface area contributed by atoms with Crippen molar-refractivity contribution in [1.82, 2.24) is 0 Å². The molecular weight excluding hydrogens is 344 g/mol. The highest BCUT2D eigenvalue weighted by Crippen LogP contribution is 2.40. The van der Waals surface area contributed by atoms with Crippen LogP contribution < -0.4 is 14.2 Å². The minimum Gasteiger partial charge on any atom is -0.504 e. The Hall–Kier alpha value is -3.73. The van der Waals surface area contributed by atoms with Gasteiger partial charge < -0.3 is 19.3 Å². The topological polar surface area (TPSA) is 65.0 Å². The summed E-state index contributed by atoms with van der Waals surface area (Å²) in [7, 11) is 1.43. The monoisotopic (exact) mass is 360 g/mol. The molecule has 4 rings (SSSR count). The molecule has 4 aromatic rings. The molecule has 134 valence electrons. The van der Waals surface area contributed by atoms with Crippen molar-refractivity contribution in [2.24, 2.45) is 0 Å². The number of fused-ring (bicyclic) bond motifs is 2. The Morgan fingerprint density at radius 2 is 1.37 bits per heavy atom. The lowest BCUT2D eigenvalue weighted by atomic mass is 10.1. The fourth-order valence-electron chi connectivity index (χ4n) is 3.03. The summed E-state index contributed by atoms with van der Waals surface area (Å²) in [6, 6.07) is 21.5. The van der Waals surface area contributed by atoms with Crippen molar-refractivity contribution < 1.29 is 24.1 Å². The van der Waals surface area contributed by atoms with Crippen LogP contribution in [-0.2, 0) is 0 Å². The third kappa shape index (κ3) is 3.11. The van der Waals surface area contributed by atoms with Crippen LogP contribution in [0.5, 0.6) is 23.0 Å². The molecule has 0 fully saturated rings. The van der Waals surface area contributed by atoms with E-state index in [2.05, 4.69) is 0 Å². The second kappa shape index (κ2) is 6.88. The Bertz CT molecular complexity index is 1140. The lowest BCUT2D eigenvalue weighted by Gasteiger charge is -2.13. The number of methoxy groups -OCH3 is 1. The van der Waals surface area contributed by atoms with E-state index in [4.69, 9.17) is 14.2 Å². The molecule has 0 aliphatic carbocycles. The average Bonchev–Trinajstić information content (AvgIpc) is 2.70. The Labute approximate surface area is 155 Å². The second-order valence-electron chi connectivity index (χ2n) is 5.90. The van der Waals surface area contributed by atoms with Crippen molar-refractivity contribution in [3.63, 3.8) is 0 Å². The molecule has 0 saturated heterocycles. The van der Waals surface area contributed by atoms with Gasteiger partial charge in [0.05, 0.1) is 7.11 Å². The van der Waals surface area contributed by atoms with E-state index in [-0.39, 0.29) is 17.2 Å². The van der Waals surface area contributed by atoms with Crippen LogP contribution in [0.4, 0.5) is 4.79 Å². The third-order valence-corrected chi connectivity index (χ3v) is 4.30. The Morgan fingerprint density at radius 3 is 2.15 bits per heavy atom. The molecule has 0 saturated carbocycles. The van der Waals surface area contributed by atoms with Crippen LogP contribution in [0.2, 0.25) is 0 Å². The maximum atomic E-state index is 12.4. The van der Waals surface area contributed by atoms with Gasteiger partial charge in [0, 0.05) is 22.2 Å². The molecule has 4 aromatic carbocycles. The summed E-state index contributed by atoms with van der Waals surface area (Å²) in [5, 5.41) is 13.1. The first kappa shape index (κ1) is 16.7. The number of carbonyl (C=O) groups excluding carboxylic acids is 1. The van der Waals surface area contributed by atoms with Gasteiger partial charge in [0.25, 0.3) is 0 Å². The molecule has 0 aliphatic heterocycles. The van der Waals surface area contributed by atoms with Crippen LogP contribution in [0.1, 0.15) is 0 Å². The number of ether oxygens (including phenoxy) is 3. The molecule has 0 bridgehead atoms. The average molecular weight is 360 g/mol. The molecule has 0 atom stereocenters. The Morgan fingerprint density at radius 1 is 0.741 bits per heavy atom. The third-order valence-electron chi connectivity index (χ3n) is 4.30. The van der Waals surface area contributed by atoms with E-state index in [9.17, 15) is 9.90 Å². The molecule has 0 radical (unpaired) electrons. The van der Waals surface area contributed by atoms with Crippen molar-refractivity contribution in [2.75, 3.05) is 7.11 Å². The van der Waals surface area contributed by atoms with Crippen LogP contribution in [0.15, 0.2) is 72.8 Å². The predicted molar refractivity (Wildman–Crippen MR) is 103 cm³/mol. The van der Waals surface area contributed by atoms with Gasteiger partial charge in [-0.15, -0.1) is 0 Å². The normalized spacial score (nSPS) is 10.7. The maximum Gasteiger partial charge on any atom is 0.519 e. The van der Waals surface area contributed by atoms with Crippen LogP contribution in [0.3, 0.4) is 0 Å². The number of carbonyl (C=O) groups is 1. The van der Waals surface area contributed by atoms with Crippen LogP contribution in [-0.4, -0.2) is 18.4 Å². The van der Waals surface area contributed by atoms with Crippen molar-refractivity contribution >= 4 is 27.7 Å². The maximum absolute atomic E-state index is 12.4. The van der Waals surface area contributed by atoms with Gasteiger partial charge in [0.15, 0.2) is 11.5 Å². The van der Waals surface area contributed by atoms with Gasteiger partial charge >= 0.3 is 6.16 Å². The summed E-state index contributed by atoms with van der Waals surface area (Å²) in [5.41, 5.74) is 0. The minimum absolute atomic E-state index is 0.0112. The van der Waals surface area contributed by atoms with Gasteiger partial charge in [0.2, 0.25) is 0 Å². The first-order valence-electron chi connectivity index (χ1n) is 8.33. The zero-order valence-corrected chi connectivity index (χ0v) is 14.5. The molecule has 5 heteroatoms. The van der Waals surface area contributed by atoms with Gasteiger partial charge in [-0.2, -0.15) is 0 Å². The molecule has 0 unspecified atom stereocenters. The van der Waals surface area contributed by atoms with Gasteiger partial charge in [-0.3, -0.25) is 0 Å². The molecule has 5 nitrogen and oxygen atoms in total. The summed E-state index contributed by atoms with van der Waals surface area (Å²) < 4.78 is 16.0. The number of hydrogen-bond acceptors (Lipinski definition) is 5. The number of benzene rings is 4. The summed E-state index contributed by atoms with van der Waals surface area (Å²) >= 11 is 0. The molecule has 0 aliphatic rings. The predicted octanol–water partition coefficient (Wildman–Crippen LogP) is 5.29. The van der Waals surface area contributed by atoms with Gasteiger partial charge in [-0.05, 0) is 11.5 Å². The second-order valence-corrected chi connectivity index (χ2v) is 5.90. The van der Waals surface area contributed by atoms with Crippen molar-refractivity contribution in [2.45, 2.75) is 0 Å². The Kier molecular flexibility index (Phi) is 4.26. The highest BCUT2D eigenvalue weighted by Gasteiger charge is 2.17. The van der Waals surface area contributed by atoms with Gasteiger partial charge in [-0.25, -0.2) is 4.79 Å². The van der Waals surface area contributed by atoms with E-state index in [0.717, 1.165) is 10.8 Å². The van der Waals surface area contributed by atoms with Crippen LogP contribution >= 0.6 is 0 Å². The van der Waals surface area contributed by atoms with Crippen molar-refractivity contribution in [3.05, 3.63) is 72.8 Å². The Balaban J connectivity index is 1.68. The number of phenols is 1. The molecule has 0 spiro atoms. The summed E-state index contributed by atoms with van der Waals surface area (Å²) in [5.74, 6) is 0.850.